The van der Waals surface area contributed by atoms with Gasteiger partial charge >= 0.3 is 11.9 Å². The van der Waals surface area contributed by atoms with Gasteiger partial charge in [0.1, 0.15) is 34.1 Å². The Kier molecular flexibility index (Phi) is 11.7. The van der Waals surface area contributed by atoms with E-state index in [1.807, 2.05) is 0 Å². The van der Waals surface area contributed by atoms with E-state index in [9.17, 15) is 29.8 Å². The molecule has 0 fully saturated rings. The highest BCUT2D eigenvalue weighted by Gasteiger charge is 2.23. The number of methoxy groups -OCH3 is 2. The van der Waals surface area contributed by atoms with Crippen LogP contribution in [0.2, 0.25) is 20.1 Å². The number of ether oxygens (including phenoxy) is 4. The number of nitrogens with zero attached hydrogens (tertiary/aromatic N) is 2. The van der Waals surface area contributed by atoms with E-state index in [2.05, 4.69) is 9.47 Å². The zero-order valence-corrected chi connectivity index (χ0v) is 25.4. The molecule has 44 heavy (non-hydrogen) atoms. The van der Waals surface area contributed by atoms with Crippen LogP contribution in [-0.4, -0.2) is 36.0 Å². The maximum absolute atomic E-state index is 11.6. The number of carbonyl (C=O) groups is 2. The Morgan fingerprint density at radius 2 is 0.955 bits per heavy atom. The van der Waals surface area contributed by atoms with Gasteiger partial charge in [-0.05, 0) is 48.5 Å². The number of carbonyl (C=O) groups excluding carboxylic acids is 2. The summed E-state index contributed by atoms with van der Waals surface area (Å²) in [5.41, 5.74) is -1.17. The van der Waals surface area contributed by atoms with Crippen molar-refractivity contribution in [2.24, 2.45) is 0 Å². The Morgan fingerprint density at radius 1 is 0.591 bits per heavy atom. The first-order valence-corrected chi connectivity index (χ1v) is 13.3. The van der Waals surface area contributed by atoms with E-state index >= 15 is 0 Å². The van der Waals surface area contributed by atoms with Gasteiger partial charge in [-0.1, -0.05) is 46.4 Å². The van der Waals surface area contributed by atoms with E-state index in [0.717, 1.165) is 26.4 Å². The molecule has 228 valence electrons. The molecule has 0 spiro atoms. The molecular formula is C28H18Cl4N2O10. The van der Waals surface area contributed by atoms with Gasteiger partial charge in [-0.3, -0.25) is 20.2 Å². The molecule has 16 heteroatoms. The summed E-state index contributed by atoms with van der Waals surface area (Å²) in [5.74, 6) is -0.657. The monoisotopic (exact) mass is 682 g/mol. The largest absolute Gasteiger partial charge is 0.465 e. The van der Waals surface area contributed by atoms with Crippen LogP contribution in [0.25, 0.3) is 0 Å². The predicted molar refractivity (Wildman–Crippen MR) is 162 cm³/mol. The summed E-state index contributed by atoms with van der Waals surface area (Å²) in [4.78, 5) is 43.8. The van der Waals surface area contributed by atoms with Crippen molar-refractivity contribution in [3.63, 3.8) is 0 Å². The molecule has 0 saturated heterocycles. The van der Waals surface area contributed by atoms with Gasteiger partial charge in [0.15, 0.2) is 0 Å². The van der Waals surface area contributed by atoms with Gasteiger partial charge in [-0.15, -0.1) is 0 Å². The number of halogens is 4. The van der Waals surface area contributed by atoms with Crippen LogP contribution in [0.15, 0.2) is 72.8 Å². The van der Waals surface area contributed by atoms with Crippen molar-refractivity contribution in [3.05, 3.63) is 124 Å². The molecule has 0 atom stereocenters. The number of nitro benzene ring substituents is 2. The third-order valence-corrected chi connectivity index (χ3v) is 6.44. The highest BCUT2D eigenvalue weighted by Crippen LogP contribution is 2.35. The fourth-order valence-corrected chi connectivity index (χ4v) is 4.29. The molecule has 0 N–H and O–H groups in total. The lowest BCUT2D eigenvalue weighted by Gasteiger charge is -2.09. The topological polar surface area (TPSA) is 157 Å². The number of hydrogen-bond donors (Lipinski definition) is 0. The SMILES string of the molecule is COC(=O)c1cc(Oc2ccc(Cl)cc2Cl)ccc1[N+](=O)[O-].COC(=O)c1cc(Oc2ccc(Cl)cc2Cl)ccc1[N+](=O)[O-]. The van der Waals surface area contributed by atoms with Crippen molar-refractivity contribution in [3.8, 4) is 23.0 Å². The van der Waals surface area contributed by atoms with Crippen molar-refractivity contribution in [1.82, 2.24) is 0 Å². The number of hydrogen-bond acceptors (Lipinski definition) is 10. The molecule has 0 saturated carbocycles. The van der Waals surface area contributed by atoms with Crippen LogP contribution < -0.4 is 9.47 Å². The maximum Gasteiger partial charge on any atom is 0.345 e. The van der Waals surface area contributed by atoms with Crippen molar-refractivity contribution >= 4 is 69.7 Å². The Hall–Kier alpha value is -4.62. The summed E-state index contributed by atoms with van der Waals surface area (Å²) >= 11 is 23.5. The van der Waals surface area contributed by atoms with Gasteiger partial charge < -0.3 is 18.9 Å². The van der Waals surface area contributed by atoms with Gasteiger partial charge in [-0.25, -0.2) is 9.59 Å². The van der Waals surface area contributed by atoms with E-state index in [1.165, 1.54) is 36.4 Å². The molecule has 0 aliphatic rings. The zero-order chi connectivity index (χ0) is 32.6. The van der Waals surface area contributed by atoms with E-state index < -0.39 is 21.8 Å². The zero-order valence-electron chi connectivity index (χ0n) is 22.4. The van der Waals surface area contributed by atoms with Gasteiger partial charge in [0.2, 0.25) is 0 Å². The molecule has 12 nitrogen and oxygen atoms in total. The fraction of sp³-hybridized carbons (Fsp3) is 0.0714. The Balaban J connectivity index is 0.000000240. The summed E-state index contributed by atoms with van der Waals surface area (Å²) in [6, 6.07) is 16.7. The lowest BCUT2D eigenvalue weighted by molar-refractivity contribution is -0.385. The summed E-state index contributed by atoms with van der Waals surface area (Å²) in [6.07, 6.45) is 0. The minimum Gasteiger partial charge on any atom is -0.465 e. The first-order valence-electron chi connectivity index (χ1n) is 11.8. The fourth-order valence-electron chi connectivity index (χ4n) is 3.39. The van der Waals surface area contributed by atoms with E-state index in [-0.39, 0.29) is 44.0 Å². The minimum absolute atomic E-state index is 0.204. The molecule has 0 radical (unpaired) electrons. The smallest absolute Gasteiger partial charge is 0.345 e. The van der Waals surface area contributed by atoms with Crippen molar-refractivity contribution in [1.29, 1.82) is 0 Å². The van der Waals surface area contributed by atoms with E-state index in [0.29, 0.717) is 21.5 Å². The third-order valence-electron chi connectivity index (χ3n) is 5.38. The number of benzene rings is 4. The number of esters is 2. The van der Waals surface area contributed by atoms with Gasteiger partial charge in [-0.2, -0.15) is 0 Å². The van der Waals surface area contributed by atoms with Crippen molar-refractivity contribution < 1.29 is 38.4 Å². The van der Waals surface area contributed by atoms with E-state index in [1.54, 1.807) is 24.3 Å². The molecule has 0 bridgehead atoms. The molecule has 0 aliphatic heterocycles. The number of nitro groups is 2. The Bertz CT molecular complexity index is 1620. The van der Waals surface area contributed by atoms with Crippen LogP contribution in [-0.2, 0) is 9.47 Å². The molecule has 0 amide bonds. The van der Waals surface area contributed by atoms with E-state index in [4.69, 9.17) is 55.9 Å². The second-order valence-electron chi connectivity index (χ2n) is 8.21. The van der Waals surface area contributed by atoms with Crippen LogP contribution in [0.4, 0.5) is 11.4 Å². The average Bonchev–Trinajstić information content (AvgIpc) is 2.99. The predicted octanol–water partition coefficient (Wildman–Crippen LogP) is 8.96. The van der Waals surface area contributed by atoms with Crippen molar-refractivity contribution in [2.75, 3.05) is 14.2 Å². The Labute approximate surface area is 268 Å². The second-order valence-corrected chi connectivity index (χ2v) is 9.90. The molecule has 4 aromatic carbocycles. The highest BCUT2D eigenvalue weighted by atomic mass is 35.5. The lowest BCUT2D eigenvalue weighted by Crippen LogP contribution is -2.05. The molecule has 0 aromatic heterocycles. The summed E-state index contributed by atoms with van der Waals surface area (Å²) in [7, 11) is 2.27. The van der Waals surface area contributed by atoms with Crippen LogP contribution >= 0.6 is 46.4 Å². The highest BCUT2D eigenvalue weighted by molar-refractivity contribution is 6.36. The number of rotatable bonds is 8. The first kappa shape index (κ1) is 33.9. The minimum atomic E-state index is -0.834. The molecule has 4 rings (SSSR count). The van der Waals surface area contributed by atoms with Crippen LogP contribution in [0.3, 0.4) is 0 Å². The average molecular weight is 684 g/mol. The van der Waals surface area contributed by atoms with Gasteiger partial charge in [0.05, 0.1) is 34.1 Å². The molecule has 0 heterocycles. The summed E-state index contributed by atoms with van der Waals surface area (Å²) in [5, 5.41) is 23.3. The normalized spacial score (nSPS) is 10.1. The van der Waals surface area contributed by atoms with Gasteiger partial charge in [0, 0.05) is 34.3 Å². The summed E-state index contributed by atoms with van der Waals surface area (Å²) < 4.78 is 20.1. The molecule has 0 aliphatic carbocycles. The standard InChI is InChI=1S/2C14H9Cl2NO5/c2*1-21-14(18)10-7-9(3-4-12(10)17(19)20)22-13-5-2-8(15)6-11(13)16/h2*2-7H,1H3. The third kappa shape index (κ3) is 8.71. The van der Waals surface area contributed by atoms with Gasteiger partial charge in [0.25, 0.3) is 11.4 Å². The Morgan fingerprint density at radius 3 is 1.25 bits per heavy atom. The quantitative estimate of drug-likeness (QED) is 0.0997. The maximum atomic E-state index is 11.6. The molecule has 0 unspecified atom stereocenters. The first-order chi connectivity index (χ1) is 20.8. The molecular weight excluding hydrogens is 666 g/mol. The van der Waals surface area contributed by atoms with Crippen LogP contribution in [0.1, 0.15) is 20.7 Å². The summed E-state index contributed by atoms with van der Waals surface area (Å²) in [6.45, 7) is 0. The van der Waals surface area contributed by atoms with Crippen LogP contribution in [0.5, 0.6) is 23.0 Å². The van der Waals surface area contributed by atoms with Crippen molar-refractivity contribution in [2.45, 2.75) is 0 Å². The molecule has 4 aromatic rings. The lowest BCUT2D eigenvalue weighted by atomic mass is 10.1. The van der Waals surface area contributed by atoms with Crippen LogP contribution in [0, 0.1) is 20.2 Å². The second kappa shape index (κ2) is 15.2.